The Balaban J connectivity index is 2.24. The van der Waals surface area contributed by atoms with Crippen molar-refractivity contribution in [3.63, 3.8) is 0 Å². The molecule has 0 aliphatic rings. The number of hydrogen-bond acceptors (Lipinski definition) is 1. The molecule has 0 unspecified atom stereocenters. The van der Waals surface area contributed by atoms with E-state index in [4.69, 9.17) is 0 Å². The van der Waals surface area contributed by atoms with Gasteiger partial charge in [0.1, 0.15) is 5.82 Å². The summed E-state index contributed by atoms with van der Waals surface area (Å²) in [6.45, 7) is 4.97. The van der Waals surface area contributed by atoms with Crippen LogP contribution in [0.1, 0.15) is 32.3 Å². The van der Waals surface area contributed by atoms with Crippen molar-refractivity contribution in [2.45, 2.75) is 33.1 Å². The van der Waals surface area contributed by atoms with Crippen LogP contribution in [0, 0.1) is 11.7 Å². The zero-order chi connectivity index (χ0) is 12.7. The molecule has 3 heteroatoms. The van der Waals surface area contributed by atoms with E-state index in [1.807, 2.05) is 6.07 Å². The quantitative estimate of drug-likeness (QED) is 0.809. The highest BCUT2D eigenvalue weighted by Crippen LogP contribution is 2.06. The molecule has 0 spiro atoms. The molecule has 1 N–H and O–H groups in total. The van der Waals surface area contributed by atoms with Crippen LogP contribution in [0.15, 0.2) is 24.3 Å². The number of nitrogens with one attached hydrogen (secondary N) is 1. The normalized spacial score (nSPS) is 10.6. The Morgan fingerprint density at radius 1 is 1.41 bits per heavy atom. The van der Waals surface area contributed by atoms with E-state index < -0.39 is 0 Å². The van der Waals surface area contributed by atoms with E-state index in [2.05, 4.69) is 19.2 Å². The number of aryl methyl sites for hydroxylation is 1. The molecule has 0 heterocycles. The topological polar surface area (TPSA) is 29.1 Å². The number of benzene rings is 1. The average Bonchev–Trinajstić information content (AvgIpc) is 2.26. The Labute approximate surface area is 102 Å². The molecule has 0 bridgehead atoms. The Morgan fingerprint density at radius 2 is 2.18 bits per heavy atom. The van der Waals surface area contributed by atoms with Crippen molar-refractivity contribution in [2.24, 2.45) is 5.92 Å². The number of carbonyl (C=O) groups is 1. The minimum atomic E-state index is -0.247. The Kier molecular flexibility index (Phi) is 5.67. The monoisotopic (exact) mass is 237 g/mol. The van der Waals surface area contributed by atoms with Crippen LogP contribution < -0.4 is 5.32 Å². The van der Waals surface area contributed by atoms with Crippen molar-refractivity contribution in [1.82, 2.24) is 5.32 Å². The summed E-state index contributed by atoms with van der Waals surface area (Å²) in [5, 5.41) is 2.87. The molecule has 1 amide bonds. The summed E-state index contributed by atoms with van der Waals surface area (Å²) in [5.41, 5.74) is 0.865. The van der Waals surface area contributed by atoms with Gasteiger partial charge < -0.3 is 5.32 Å². The van der Waals surface area contributed by atoms with Crippen LogP contribution in [-0.4, -0.2) is 12.5 Å². The van der Waals surface area contributed by atoms with Gasteiger partial charge in [-0.2, -0.15) is 0 Å². The SMILES string of the molecule is CC(C)CCNC(=O)CCc1cccc(F)c1. The maximum Gasteiger partial charge on any atom is 0.220 e. The average molecular weight is 237 g/mol. The van der Waals surface area contributed by atoms with E-state index in [1.165, 1.54) is 12.1 Å². The minimum absolute atomic E-state index is 0.0370. The third-order valence-corrected chi connectivity index (χ3v) is 2.57. The molecule has 2 nitrogen and oxygen atoms in total. The van der Waals surface area contributed by atoms with Crippen molar-refractivity contribution < 1.29 is 9.18 Å². The molecule has 0 fully saturated rings. The fourth-order valence-electron chi connectivity index (χ4n) is 1.54. The third kappa shape index (κ3) is 6.05. The second kappa shape index (κ2) is 7.05. The predicted octanol–water partition coefficient (Wildman–Crippen LogP) is 2.92. The molecule has 1 rings (SSSR count). The van der Waals surface area contributed by atoms with Gasteiger partial charge in [0, 0.05) is 13.0 Å². The van der Waals surface area contributed by atoms with Gasteiger partial charge in [-0.1, -0.05) is 26.0 Å². The van der Waals surface area contributed by atoms with Gasteiger partial charge in [0.05, 0.1) is 0 Å². The van der Waals surface area contributed by atoms with Crippen LogP contribution in [0.4, 0.5) is 4.39 Å². The summed E-state index contributed by atoms with van der Waals surface area (Å²) < 4.78 is 12.9. The largest absolute Gasteiger partial charge is 0.356 e. The second-order valence-electron chi connectivity index (χ2n) is 4.66. The van der Waals surface area contributed by atoms with Crippen LogP contribution in [-0.2, 0) is 11.2 Å². The molecule has 1 aromatic rings. The van der Waals surface area contributed by atoms with Gasteiger partial charge in [-0.25, -0.2) is 4.39 Å². The first-order valence-electron chi connectivity index (χ1n) is 6.09. The van der Waals surface area contributed by atoms with Crippen molar-refractivity contribution >= 4 is 5.91 Å². The number of carbonyl (C=O) groups excluding carboxylic acids is 1. The molecule has 0 radical (unpaired) electrons. The summed E-state index contributed by atoms with van der Waals surface area (Å²) in [5.74, 6) is 0.385. The van der Waals surface area contributed by atoms with E-state index in [-0.39, 0.29) is 11.7 Å². The molecule has 0 aliphatic heterocycles. The minimum Gasteiger partial charge on any atom is -0.356 e. The Hall–Kier alpha value is -1.38. The molecule has 0 saturated heterocycles. The van der Waals surface area contributed by atoms with Gasteiger partial charge in [-0.05, 0) is 36.5 Å². The summed E-state index contributed by atoms with van der Waals surface area (Å²) >= 11 is 0. The highest BCUT2D eigenvalue weighted by atomic mass is 19.1. The number of rotatable bonds is 6. The zero-order valence-corrected chi connectivity index (χ0v) is 10.5. The lowest BCUT2D eigenvalue weighted by Gasteiger charge is -2.07. The smallest absolute Gasteiger partial charge is 0.220 e. The zero-order valence-electron chi connectivity index (χ0n) is 10.5. The van der Waals surface area contributed by atoms with Crippen LogP contribution in [0.2, 0.25) is 0 Å². The highest BCUT2D eigenvalue weighted by molar-refractivity contribution is 5.76. The van der Waals surface area contributed by atoms with Crippen molar-refractivity contribution in [3.8, 4) is 0 Å². The predicted molar refractivity (Wildman–Crippen MR) is 67.2 cm³/mol. The van der Waals surface area contributed by atoms with E-state index in [9.17, 15) is 9.18 Å². The van der Waals surface area contributed by atoms with Crippen LogP contribution >= 0.6 is 0 Å². The molecule has 17 heavy (non-hydrogen) atoms. The van der Waals surface area contributed by atoms with E-state index >= 15 is 0 Å². The molecule has 1 aromatic carbocycles. The Morgan fingerprint density at radius 3 is 2.82 bits per heavy atom. The molecule has 0 atom stereocenters. The van der Waals surface area contributed by atoms with Crippen LogP contribution in [0.5, 0.6) is 0 Å². The first-order valence-corrected chi connectivity index (χ1v) is 6.09. The summed E-state index contributed by atoms with van der Waals surface area (Å²) in [4.78, 5) is 11.5. The molecule has 0 saturated carbocycles. The van der Waals surface area contributed by atoms with Gasteiger partial charge in [0.2, 0.25) is 5.91 Å². The summed E-state index contributed by atoms with van der Waals surface area (Å²) in [6.07, 6.45) is 2.00. The van der Waals surface area contributed by atoms with E-state index in [0.717, 1.165) is 18.5 Å². The molecular formula is C14H20FNO. The lowest BCUT2D eigenvalue weighted by atomic mass is 10.1. The Bertz CT molecular complexity index is 363. The lowest BCUT2D eigenvalue weighted by molar-refractivity contribution is -0.121. The molecule has 94 valence electrons. The standard InChI is InChI=1S/C14H20FNO/c1-11(2)8-9-16-14(17)7-6-12-4-3-5-13(15)10-12/h3-5,10-11H,6-9H2,1-2H3,(H,16,17). The third-order valence-electron chi connectivity index (χ3n) is 2.57. The number of hydrogen-bond donors (Lipinski definition) is 1. The van der Waals surface area contributed by atoms with Crippen LogP contribution in [0.25, 0.3) is 0 Å². The molecule has 0 aliphatic carbocycles. The van der Waals surface area contributed by atoms with Crippen LogP contribution in [0.3, 0.4) is 0 Å². The molecular weight excluding hydrogens is 217 g/mol. The second-order valence-corrected chi connectivity index (χ2v) is 4.66. The fourth-order valence-corrected chi connectivity index (χ4v) is 1.54. The van der Waals surface area contributed by atoms with Crippen molar-refractivity contribution in [3.05, 3.63) is 35.6 Å². The first-order chi connectivity index (χ1) is 8.08. The number of amides is 1. The van der Waals surface area contributed by atoms with Gasteiger partial charge in [-0.3, -0.25) is 4.79 Å². The fraction of sp³-hybridized carbons (Fsp3) is 0.500. The van der Waals surface area contributed by atoms with Gasteiger partial charge in [0.15, 0.2) is 0 Å². The van der Waals surface area contributed by atoms with Crippen molar-refractivity contribution in [1.29, 1.82) is 0 Å². The number of halogens is 1. The summed E-state index contributed by atoms with van der Waals surface area (Å²) in [6, 6.07) is 6.39. The summed E-state index contributed by atoms with van der Waals surface area (Å²) in [7, 11) is 0. The van der Waals surface area contributed by atoms with E-state index in [1.54, 1.807) is 6.07 Å². The van der Waals surface area contributed by atoms with Gasteiger partial charge in [-0.15, -0.1) is 0 Å². The van der Waals surface area contributed by atoms with Gasteiger partial charge >= 0.3 is 0 Å². The highest BCUT2D eigenvalue weighted by Gasteiger charge is 2.03. The lowest BCUT2D eigenvalue weighted by Crippen LogP contribution is -2.25. The maximum absolute atomic E-state index is 12.9. The molecule has 0 aromatic heterocycles. The van der Waals surface area contributed by atoms with E-state index in [0.29, 0.717) is 18.8 Å². The maximum atomic E-state index is 12.9. The van der Waals surface area contributed by atoms with Crippen molar-refractivity contribution in [2.75, 3.05) is 6.54 Å². The van der Waals surface area contributed by atoms with Gasteiger partial charge in [0.25, 0.3) is 0 Å². The first kappa shape index (κ1) is 13.7.